The van der Waals surface area contributed by atoms with Crippen LogP contribution in [0.1, 0.15) is 78.7 Å². The maximum Gasteiger partial charge on any atom is 0.513 e. The van der Waals surface area contributed by atoms with Crippen LogP contribution < -0.4 is 15.2 Å². The molecule has 0 aliphatic rings. The Kier molecular flexibility index (Phi) is 14.9. The summed E-state index contributed by atoms with van der Waals surface area (Å²) in [4.78, 5) is 48.7. The summed E-state index contributed by atoms with van der Waals surface area (Å²) in [5, 5.41) is 9.69. The number of hydrogen-bond acceptors (Lipinski definition) is 10. The number of hydrogen-bond donors (Lipinski definition) is 2. The average molecular weight is 554 g/mol. The second kappa shape index (κ2) is 17.3. The first-order valence-corrected chi connectivity index (χ1v) is 13.4. The Hall–Kier alpha value is -3.34. The predicted octanol–water partition coefficient (Wildman–Crippen LogP) is 5.28. The van der Waals surface area contributed by atoms with Crippen LogP contribution in [-0.2, 0) is 23.8 Å². The van der Waals surface area contributed by atoms with Crippen LogP contribution in [0.3, 0.4) is 0 Å². The number of carboxylic acids is 1. The number of carbonyl (C=O) groups excluding carboxylic acids is 3. The van der Waals surface area contributed by atoms with Crippen molar-refractivity contribution >= 4 is 24.2 Å². The van der Waals surface area contributed by atoms with Gasteiger partial charge in [-0.3, -0.25) is 9.59 Å². The molecule has 0 fully saturated rings. The second-order valence-corrected chi connectivity index (χ2v) is 9.84. The van der Waals surface area contributed by atoms with Gasteiger partial charge >= 0.3 is 24.2 Å². The molecule has 0 aromatic heterocycles. The van der Waals surface area contributed by atoms with Crippen molar-refractivity contribution in [3.8, 4) is 11.5 Å². The van der Waals surface area contributed by atoms with Gasteiger partial charge in [-0.1, -0.05) is 60.5 Å². The van der Waals surface area contributed by atoms with Crippen LogP contribution in [0.4, 0.5) is 9.59 Å². The minimum Gasteiger partial charge on any atom is -0.480 e. The standard InChI is InChI=1S/C28H43NO10/c1-7-9-13-35-27(33)38-21-12-11-20(15-22(21)39-28(34)36-14-10-8-2)23(24(29)25(30)31)18(5)16-37-26(32)19(6)17(3)4/h11-12,15,17-19,23-24H,7-10,13-14,16,29H2,1-6H3,(H,30,31)/t18?,19?,23?,24-/m0/s1. The number of carboxylic acid groups (broad SMARTS) is 1. The van der Waals surface area contributed by atoms with Crippen molar-refractivity contribution in [2.45, 2.75) is 79.2 Å². The molecule has 0 spiro atoms. The molecule has 39 heavy (non-hydrogen) atoms. The molecule has 0 heterocycles. The van der Waals surface area contributed by atoms with E-state index < -0.39 is 42.1 Å². The summed E-state index contributed by atoms with van der Waals surface area (Å²) >= 11 is 0. The van der Waals surface area contributed by atoms with Gasteiger partial charge in [-0.2, -0.15) is 0 Å². The van der Waals surface area contributed by atoms with Crippen molar-refractivity contribution in [2.24, 2.45) is 23.5 Å². The van der Waals surface area contributed by atoms with E-state index in [0.29, 0.717) is 18.4 Å². The number of aliphatic carboxylic acids is 1. The van der Waals surface area contributed by atoms with Crippen molar-refractivity contribution in [3.05, 3.63) is 23.8 Å². The SMILES string of the molecule is CCCCOC(=O)Oc1ccc(C(C(C)COC(=O)C(C)C(C)C)[C@H](N)C(=O)O)cc1OC(=O)OCCCC. The highest BCUT2D eigenvalue weighted by Crippen LogP contribution is 2.36. The van der Waals surface area contributed by atoms with E-state index in [9.17, 15) is 24.3 Å². The Labute approximate surface area is 230 Å². The fraction of sp³-hybridized carbons (Fsp3) is 0.643. The van der Waals surface area contributed by atoms with E-state index in [-0.39, 0.29) is 43.2 Å². The molecule has 11 nitrogen and oxygen atoms in total. The number of ether oxygens (including phenoxy) is 5. The number of carbonyl (C=O) groups is 4. The number of nitrogens with two attached hydrogens (primary N) is 1. The summed E-state index contributed by atoms with van der Waals surface area (Å²) in [5.41, 5.74) is 6.42. The lowest BCUT2D eigenvalue weighted by Gasteiger charge is -2.28. The van der Waals surface area contributed by atoms with Gasteiger partial charge in [0.25, 0.3) is 0 Å². The van der Waals surface area contributed by atoms with Crippen LogP contribution in [0.5, 0.6) is 11.5 Å². The lowest BCUT2D eigenvalue weighted by atomic mass is 9.82. The fourth-order valence-corrected chi connectivity index (χ4v) is 3.50. The van der Waals surface area contributed by atoms with Crippen LogP contribution in [-0.4, -0.2) is 55.2 Å². The molecule has 0 aliphatic heterocycles. The van der Waals surface area contributed by atoms with Gasteiger partial charge in [-0.05, 0) is 42.4 Å². The van der Waals surface area contributed by atoms with Gasteiger partial charge in [-0.25, -0.2) is 9.59 Å². The number of benzene rings is 1. The Bertz CT molecular complexity index is 948. The lowest BCUT2D eigenvalue weighted by Crippen LogP contribution is -2.41. The summed E-state index contributed by atoms with van der Waals surface area (Å²) in [5.74, 6) is -3.62. The molecule has 0 saturated carbocycles. The van der Waals surface area contributed by atoms with Crippen LogP contribution in [0.15, 0.2) is 18.2 Å². The highest BCUT2D eigenvalue weighted by Gasteiger charge is 2.33. The van der Waals surface area contributed by atoms with Crippen LogP contribution in [0.25, 0.3) is 0 Å². The molecule has 1 aromatic rings. The van der Waals surface area contributed by atoms with Crippen LogP contribution >= 0.6 is 0 Å². The van der Waals surface area contributed by atoms with Gasteiger partial charge in [0.2, 0.25) is 0 Å². The second-order valence-electron chi connectivity index (χ2n) is 9.84. The first kappa shape index (κ1) is 33.7. The van der Waals surface area contributed by atoms with E-state index in [2.05, 4.69) is 0 Å². The molecule has 0 amide bonds. The molecule has 0 radical (unpaired) electrons. The Morgan fingerprint density at radius 1 is 0.846 bits per heavy atom. The van der Waals surface area contributed by atoms with E-state index in [0.717, 1.165) is 12.8 Å². The molecule has 0 aliphatic carbocycles. The monoisotopic (exact) mass is 553 g/mol. The maximum atomic E-state index is 12.4. The summed E-state index contributed by atoms with van der Waals surface area (Å²) in [6, 6.07) is 2.84. The van der Waals surface area contributed by atoms with Crippen molar-refractivity contribution < 1.29 is 48.0 Å². The summed E-state index contributed by atoms with van der Waals surface area (Å²) < 4.78 is 26.1. The number of rotatable bonds is 16. The van der Waals surface area contributed by atoms with Crippen molar-refractivity contribution in [2.75, 3.05) is 19.8 Å². The molecule has 1 aromatic carbocycles. The van der Waals surface area contributed by atoms with Gasteiger partial charge in [0.05, 0.1) is 25.7 Å². The van der Waals surface area contributed by atoms with Gasteiger partial charge in [0.1, 0.15) is 6.04 Å². The van der Waals surface area contributed by atoms with E-state index in [4.69, 9.17) is 29.4 Å². The first-order valence-electron chi connectivity index (χ1n) is 13.4. The molecule has 1 rings (SSSR count). The zero-order valence-corrected chi connectivity index (χ0v) is 23.8. The summed E-state index contributed by atoms with van der Waals surface area (Å²) in [7, 11) is 0. The Morgan fingerprint density at radius 2 is 1.38 bits per heavy atom. The molecule has 3 N–H and O–H groups in total. The van der Waals surface area contributed by atoms with E-state index in [1.165, 1.54) is 18.2 Å². The van der Waals surface area contributed by atoms with Crippen molar-refractivity contribution in [1.29, 1.82) is 0 Å². The third-order valence-electron chi connectivity index (χ3n) is 6.32. The van der Waals surface area contributed by atoms with E-state index in [1.54, 1.807) is 13.8 Å². The third-order valence-corrected chi connectivity index (χ3v) is 6.32. The number of esters is 1. The molecule has 4 atom stereocenters. The quantitative estimate of drug-likeness (QED) is 0.118. The molecule has 220 valence electrons. The lowest BCUT2D eigenvalue weighted by molar-refractivity contribution is -0.151. The molecule has 0 bridgehead atoms. The minimum atomic E-state index is -1.38. The third kappa shape index (κ3) is 11.5. The number of unbranched alkanes of at least 4 members (excludes halogenated alkanes) is 2. The highest BCUT2D eigenvalue weighted by molar-refractivity contribution is 5.75. The predicted molar refractivity (Wildman–Crippen MR) is 143 cm³/mol. The summed E-state index contributed by atoms with van der Waals surface area (Å²) in [6.07, 6.45) is 0.882. The maximum absolute atomic E-state index is 12.4. The molecule has 11 heteroatoms. The topological polar surface area (TPSA) is 161 Å². The van der Waals surface area contributed by atoms with Crippen molar-refractivity contribution in [1.82, 2.24) is 0 Å². The Morgan fingerprint density at radius 3 is 1.87 bits per heavy atom. The fourth-order valence-electron chi connectivity index (χ4n) is 3.50. The highest BCUT2D eigenvalue weighted by atomic mass is 16.7. The molecule has 0 saturated heterocycles. The van der Waals surface area contributed by atoms with E-state index >= 15 is 0 Å². The Balaban J connectivity index is 3.30. The average Bonchev–Trinajstić information content (AvgIpc) is 2.88. The van der Waals surface area contributed by atoms with Gasteiger partial charge in [-0.15, -0.1) is 0 Å². The largest absolute Gasteiger partial charge is 0.513 e. The van der Waals surface area contributed by atoms with Gasteiger partial charge in [0, 0.05) is 5.92 Å². The molecular weight excluding hydrogens is 510 g/mol. The molecule has 3 unspecified atom stereocenters. The van der Waals surface area contributed by atoms with Crippen molar-refractivity contribution in [3.63, 3.8) is 0 Å². The normalized spacial score (nSPS) is 14.1. The van der Waals surface area contributed by atoms with Crippen LogP contribution in [0, 0.1) is 17.8 Å². The van der Waals surface area contributed by atoms with Crippen LogP contribution in [0.2, 0.25) is 0 Å². The molecular formula is C28H43NO10. The zero-order chi connectivity index (χ0) is 29.5. The zero-order valence-electron chi connectivity index (χ0n) is 23.8. The minimum absolute atomic E-state index is 0.0721. The smallest absolute Gasteiger partial charge is 0.480 e. The van der Waals surface area contributed by atoms with Gasteiger partial charge in [0.15, 0.2) is 11.5 Å². The van der Waals surface area contributed by atoms with Gasteiger partial charge < -0.3 is 34.5 Å². The first-order chi connectivity index (χ1) is 18.4. The summed E-state index contributed by atoms with van der Waals surface area (Å²) in [6.45, 7) is 11.3. The van der Waals surface area contributed by atoms with E-state index in [1.807, 2.05) is 27.7 Å².